The minimum Gasteiger partial charge on any atom is -0.497 e. The molecule has 1 N–H and O–H groups in total. The third-order valence-corrected chi connectivity index (χ3v) is 6.55. The van der Waals surface area contributed by atoms with Gasteiger partial charge in [-0.15, -0.1) is 0 Å². The summed E-state index contributed by atoms with van der Waals surface area (Å²) in [5.74, 6) is 0.796. The van der Waals surface area contributed by atoms with Gasteiger partial charge in [0.1, 0.15) is 5.75 Å². The molecule has 0 spiro atoms. The fourth-order valence-electron chi connectivity index (χ4n) is 4.77. The van der Waals surface area contributed by atoms with E-state index in [4.69, 9.17) is 17.0 Å². The van der Waals surface area contributed by atoms with Gasteiger partial charge in [0.05, 0.1) is 24.9 Å². The SMILES string of the molecule is COc1cccc(N2C(=S)N[C@@H](c3ccccn3)[C@@H]2c2cc(C)n(-c3ccccc3)c2C)c1. The van der Waals surface area contributed by atoms with Crippen molar-refractivity contribution in [2.75, 3.05) is 12.0 Å². The molecule has 3 heterocycles. The second kappa shape index (κ2) is 8.71. The smallest absolute Gasteiger partial charge is 0.174 e. The zero-order valence-electron chi connectivity index (χ0n) is 18.9. The van der Waals surface area contributed by atoms with Crippen molar-refractivity contribution in [3.8, 4) is 11.4 Å². The van der Waals surface area contributed by atoms with Crippen molar-refractivity contribution >= 4 is 23.0 Å². The number of hydrogen-bond acceptors (Lipinski definition) is 3. The van der Waals surface area contributed by atoms with Gasteiger partial charge in [-0.25, -0.2) is 0 Å². The molecule has 6 heteroatoms. The van der Waals surface area contributed by atoms with E-state index < -0.39 is 0 Å². The Kier molecular flexibility index (Phi) is 5.60. The van der Waals surface area contributed by atoms with E-state index in [1.54, 1.807) is 7.11 Å². The first kappa shape index (κ1) is 21.2. The molecule has 1 aliphatic heterocycles. The quantitative estimate of drug-likeness (QED) is 0.393. The number of methoxy groups -OCH3 is 1. The van der Waals surface area contributed by atoms with Gasteiger partial charge in [0.2, 0.25) is 0 Å². The molecule has 4 aromatic rings. The molecule has 0 saturated carbocycles. The summed E-state index contributed by atoms with van der Waals surface area (Å²) in [4.78, 5) is 6.86. The van der Waals surface area contributed by atoms with Crippen LogP contribution in [0.2, 0.25) is 0 Å². The molecular formula is C27H26N4OS. The van der Waals surface area contributed by atoms with Crippen LogP contribution in [0.3, 0.4) is 0 Å². The Morgan fingerprint density at radius 1 is 0.909 bits per heavy atom. The minimum atomic E-state index is -0.0883. The number of benzene rings is 2. The fourth-order valence-corrected chi connectivity index (χ4v) is 5.12. The number of thiocarbonyl (C=S) groups is 1. The summed E-state index contributed by atoms with van der Waals surface area (Å²) in [6.07, 6.45) is 1.83. The number of aromatic nitrogens is 2. The maximum atomic E-state index is 5.87. The van der Waals surface area contributed by atoms with Crippen LogP contribution in [-0.4, -0.2) is 21.8 Å². The number of pyridine rings is 1. The summed E-state index contributed by atoms with van der Waals surface area (Å²) in [6.45, 7) is 4.33. The highest BCUT2D eigenvalue weighted by Crippen LogP contribution is 2.44. The number of hydrogen-bond donors (Lipinski definition) is 1. The number of ether oxygens (including phenoxy) is 1. The number of nitrogens with zero attached hydrogens (tertiary/aromatic N) is 3. The van der Waals surface area contributed by atoms with Crippen molar-refractivity contribution in [1.82, 2.24) is 14.9 Å². The molecule has 0 unspecified atom stereocenters. The van der Waals surface area contributed by atoms with Crippen LogP contribution in [0.25, 0.3) is 5.69 Å². The lowest BCUT2D eigenvalue weighted by Gasteiger charge is -2.28. The van der Waals surface area contributed by atoms with Gasteiger partial charge in [-0.2, -0.15) is 0 Å². The monoisotopic (exact) mass is 454 g/mol. The molecule has 2 aromatic heterocycles. The van der Waals surface area contributed by atoms with Crippen LogP contribution in [0.4, 0.5) is 5.69 Å². The topological polar surface area (TPSA) is 42.3 Å². The maximum absolute atomic E-state index is 5.87. The molecule has 1 saturated heterocycles. The Morgan fingerprint density at radius 3 is 2.39 bits per heavy atom. The minimum absolute atomic E-state index is 0.0665. The summed E-state index contributed by atoms with van der Waals surface area (Å²) in [5, 5.41) is 4.22. The highest BCUT2D eigenvalue weighted by atomic mass is 32.1. The molecule has 2 atom stereocenters. The van der Waals surface area contributed by atoms with Crippen LogP contribution in [0, 0.1) is 13.8 Å². The van der Waals surface area contributed by atoms with Gasteiger partial charge >= 0.3 is 0 Å². The molecule has 0 aliphatic carbocycles. The van der Waals surface area contributed by atoms with Gasteiger partial charge in [-0.05, 0) is 74.1 Å². The zero-order chi connectivity index (χ0) is 22.9. The first-order valence-corrected chi connectivity index (χ1v) is 11.4. The van der Waals surface area contributed by atoms with Gasteiger partial charge in [-0.1, -0.05) is 30.3 Å². The predicted molar refractivity (Wildman–Crippen MR) is 136 cm³/mol. The second-order valence-corrected chi connectivity index (χ2v) is 8.58. The molecule has 0 bridgehead atoms. The molecule has 1 aliphatic rings. The van der Waals surface area contributed by atoms with Crippen LogP contribution in [-0.2, 0) is 0 Å². The second-order valence-electron chi connectivity index (χ2n) is 8.20. The Labute approximate surface area is 199 Å². The zero-order valence-corrected chi connectivity index (χ0v) is 19.7. The normalized spacial score (nSPS) is 17.8. The summed E-state index contributed by atoms with van der Waals surface area (Å²) in [6, 6.07) is 26.6. The van der Waals surface area contributed by atoms with Crippen molar-refractivity contribution in [3.63, 3.8) is 0 Å². The van der Waals surface area contributed by atoms with E-state index >= 15 is 0 Å². The molecule has 1 fully saturated rings. The Bertz CT molecular complexity index is 1290. The number of aryl methyl sites for hydroxylation is 1. The maximum Gasteiger partial charge on any atom is 0.174 e. The third kappa shape index (κ3) is 3.76. The van der Waals surface area contributed by atoms with Gasteiger partial charge < -0.3 is 19.5 Å². The standard InChI is InChI=1S/C27H26N4OS/c1-18-16-23(19(2)30(18)20-10-5-4-6-11-20)26-25(24-14-7-8-15-28-24)29-27(33)31(26)21-12-9-13-22(17-21)32-3/h4-17,25-26H,1-3H3,(H,29,33)/t25-,26-/m0/s1. The Hall–Kier alpha value is -3.64. The average Bonchev–Trinajstić information content (AvgIpc) is 3.35. The van der Waals surface area contributed by atoms with Gasteiger partial charge in [0, 0.05) is 35.0 Å². The van der Waals surface area contributed by atoms with Crippen molar-refractivity contribution in [1.29, 1.82) is 0 Å². The summed E-state index contributed by atoms with van der Waals surface area (Å²) in [5.41, 5.74) is 6.66. The predicted octanol–water partition coefficient (Wildman–Crippen LogP) is 5.67. The van der Waals surface area contributed by atoms with Crippen molar-refractivity contribution in [3.05, 3.63) is 108 Å². The van der Waals surface area contributed by atoms with Crippen molar-refractivity contribution in [2.24, 2.45) is 0 Å². The van der Waals surface area contributed by atoms with Gasteiger partial charge in [0.25, 0.3) is 0 Å². The van der Waals surface area contributed by atoms with Crippen LogP contribution >= 0.6 is 12.2 Å². The number of nitrogens with one attached hydrogen (secondary N) is 1. The van der Waals surface area contributed by atoms with E-state index in [0.717, 1.165) is 22.8 Å². The Morgan fingerprint density at radius 2 is 1.67 bits per heavy atom. The van der Waals surface area contributed by atoms with Crippen molar-refractivity contribution in [2.45, 2.75) is 25.9 Å². The first-order valence-electron chi connectivity index (χ1n) is 11.0. The van der Waals surface area contributed by atoms with Crippen LogP contribution < -0.4 is 15.0 Å². The lowest BCUT2D eigenvalue weighted by Crippen LogP contribution is -2.29. The van der Waals surface area contributed by atoms with Crippen LogP contribution in [0.15, 0.2) is 85.1 Å². The molecular weight excluding hydrogens is 428 g/mol. The lowest BCUT2D eigenvalue weighted by molar-refractivity contribution is 0.415. The Balaban J connectivity index is 1.68. The first-order chi connectivity index (χ1) is 16.1. The van der Waals surface area contributed by atoms with Gasteiger partial charge in [0.15, 0.2) is 5.11 Å². The molecule has 5 rings (SSSR count). The lowest BCUT2D eigenvalue weighted by atomic mass is 9.96. The van der Waals surface area contributed by atoms with E-state index in [1.807, 2.05) is 42.6 Å². The van der Waals surface area contributed by atoms with Crippen LogP contribution in [0.5, 0.6) is 5.75 Å². The van der Waals surface area contributed by atoms with Gasteiger partial charge in [-0.3, -0.25) is 4.98 Å². The largest absolute Gasteiger partial charge is 0.497 e. The number of para-hydroxylation sites is 1. The number of rotatable bonds is 5. The molecule has 5 nitrogen and oxygen atoms in total. The summed E-state index contributed by atoms with van der Waals surface area (Å²) < 4.78 is 7.80. The van der Waals surface area contributed by atoms with E-state index in [9.17, 15) is 0 Å². The van der Waals surface area contributed by atoms with E-state index in [1.165, 1.54) is 17.0 Å². The van der Waals surface area contributed by atoms with E-state index in [-0.39, 0.29) is 12.1 Å². The molecule has 0 radical (unpaired) electrons. The van der Waals surface area contributed by atoms with E-state index in [2.05, 4.69) is 76.1 Å². The summed E-state index contributed by atoms with van der Waals surface area (Å²) in [7, 11) is 1.68. The molecule has 0 amide bonds. The highest BCUT2D eigenvalue weighted by Gasteiger charge is 2.42. The fraction of sp³-hybridized carbons (Fsp3) is 0.185. The van der Waals surface area contributed by atoms with Crippen LogP contribution in [0.1, 0.15) is 34.7 Å². The van der Waals surface area contributed by atoms with Crippen molar-refractivity contribution < 1.29 is 4.74 Å². The highest BCUT2D eigenvalue weighted by molar-refractivity contribution is 7.80. The summed E-state index contributed by atoms with van der Waals surface area (Å²) >= 11 is 5.87. The average molecular weight is 455 g/mol. The third-order valence-electron chi connectivity index (χ3n) is 6.23. The molecule has 33 heavy (non-hydrogen) atoms. The number of anilines is 1. The molecule has 166 valence electrons. The molecule has 2 aromatic carbocycles. The van der Waals surface area contributed by atoms with E-state index in [0.29, 0.717) is 5.11 Å².